The third-order valence-electron chi connectivity index (χ3n) is 3.42. The second kappa shape index (κ2) is 4.80. The van der Waals surface area contributed by atoms with Crippen molar-refractivity contribution in [2.24, 2.45) is 0 Å². The van der Waals surface area contributed by atoms with Gasteiger partial charge in [0.25, 0.3) is 0 Å². The van der Waals surface area contributed by atoms with Gasteiger partial charge in [0.05, 0.1) is 16.1 Å². The van der Waals surface area contributed by atoms with E-state index in [2.05, 4.69) is 65.3 Å². The lowest BCUT2D eigenvalue weighted by atomic mass is 10.3. The fourth-order valence-corrected chi connectivity index (χ4v) is 2.29. The van der Waals surface area contributed by atoms with Crippen LogP contribution in [0, 0.1) is 0 Å². The molecule has 0 spiro atoms. The van der Waals surface area contributed by atoms with E-state index in [1.54, 1.807) is 0 Å². The molecule has 0 bridgehead atoms. The normalized spacial score (nSPS) is 18.6. The maximum atomic E-state index is 2.47. The molecule has 0 nitrogen and oxygen atoms in total. The molecule has 0 fully saturated rings. The Hall–Kier alpha value is 0.174. The summed E-state index contributed by atoms with van der Waals surface area (Å²) in [6.07, 6.45) is 4.93. The molecule has 2 unspecified atom stereocenters. The molecule has 0 N–H and O–H groups in total. The van der Waals surface area contributed by atoms with E-state index in [1.165, 1.54) is 0 Å². The number of rotatable bonds is 4. The Labute approximate surface area is 92.8 Å². The van der Waals surface area contributed by atoms with Crippen LogP contribution >= 0.6 is 0 Å². The summed E-state index contributed by atoms with van der Waals surface area (Å²) in [7, 11) is -1.92. The van der Waals surface area contributed by atoms with Crippen LogP contribution in [0.15, 0.2) is 12.2 Å². The van der Waals surface area contributed by atoms with Crippen LogP contribution in [0.1, 0.15) is 13.8 Å². The quantitative estimate of drug-likeness (QED) is 0.469. The summed E-state index contributed by atoms with van der Waals surface area (Å²) >= 11 is 0. The molecule has 0 saturated heterocycles. The zero-order chi connectivity index (χ0) is 11.6. The van der Waals surface area contributed by atoms with Crippen molar-refractivity contribution in [2.45, 2.75) is 64.2 Å². The van der Waals surface area contributed by atoms with E-state index in [-0.39, 0.29) is 0 Å². The van der Waals surface area contributed by atoms with Crippen LogP contribution in [0.25, 0.3) is 0 Å². The highest BCUT2D eigenvalue weighted by Crippen LogP contribution is 2.27. The minimum absolute atomic E-state index is 0.807. The Bertz CT molecular complexity index is 171. The van der Waals surface area contributed by atoms with Crippen molar-refractivity contribution in [3.8, 4) is 0 Å². The van der Waals surface area contributed by atoms with Crippen molar-refractivity contribution in [1.82, 2.24) is 0 Å². The van der Waals surface area contributed by atoms with Crippen LogP contribution in [0.3, 0.4) is 0 Å². The lowest BCUT2D eigenvalue weighted by Gasteiger charge is -2.25. The molecule has 2 atom stereocenters. The van der Waals surface area contributed by atoms with Crippen molar-refractivity contribution in [1.29, 1.82) is 0 Å². The van der Waals surface area contributed by atoms with Crippen molar-refractivity contribution in [2.75, 3.05) is 0 Å². The molecule has 0 saturated carbocycles. The largest absolute Gasteiger partial charge is 0.0884 e. The average Bonchev–Trinajstić information content (AvgIpc) is 1.95. The molecule has 0 aromatic rings. The molecular formula is C12H28Si2. The third kappa shape index (κ3) is 5.15. The third-order valence-corrected chi connectivity index (χ3v) is 9.27. The Morgan fingerprint density at radius 3 is 1.00 bits per heavy atom. The first-order valence-corrected chi connectivity index (χ1v) is 12.9. The molecule has 0 amide bonds. The van der Waals surface area contributed by atoms with Crippen LogP contribution in [0.4, 0.5) is 0 Å². The number of allylic oxidation sites excluding steroid dienone is 2. The number of hydrogen-bond donors (Lipinski definition) is 0. The topological polar surface area (TPSA) is 0 Å². The van der Waals surface area contributed by atoms with Gasteiger partial charge in [0.2, 0.25) is 0 Å². The van der Waals surface area contributed by atoms with E-state index < -0.39 is 16.1 Å². The van der Waals surface area contributed by atoms with Crippen molar-refractivity contribution in [3.63, 3.8) is 0 Å². The summed E-state index contributed by atoms with van der Waals surface area (Å²) in [6.45, 7) is 19.4. The first-order valence-electron chi connectivity index (χ1n) is 5.73. The molecule has 0 aliphatic heterocycles. The Morgan fingerprint density at radius 2 is 0.857 bits per heavy atom. The van der Waals surface area contributed by atoms with Gasteiger partial charge in [-0.1, -0.05) is 65.3 Å². The van der Waals surface area contributed by atoms with Crippen LogP contribution in [-0.4, -0.2) is 16.1 Å². The van der Waals surface area contributed by atoms with Gasteiger partial charge in [-0.15, -0.1) is 0 Å². The zero-order valence-electron chi connectivity index (χ0n) is 11.3. The monoisotopic (exact) mass is 228 g/mol. The molecule has 84 valence electrons. The lowest BCUT2D eigenvalue weighted by molar-refractivity contribution is 1.07. The van der Waals surface area contributed by atoms with E-state index in [4.69, 9.17) is 0 Å². The Balaban J connectivity index is 4.32. The average molecular weight is 229 g/mol. The molecule has 0 aliphatic rings. The standard InChI is InChI=1S/C12H28Si2/c1-11(13(3,4)5)9-10-12(2)14(6,7)8/h9-12H,1-8H3/b10-9+. The smallest absolute Gasteiger partial charge is 0.0510 e. The van der Waals surface area contributed by atoms with E-state index in [9.17, 15) is 0 Å². The molecular weight excluding hydrogens is 200 g/mol. The number of hydrogen-bond acceptors (Lipinski definition) is 0. The van der Waals surface area contributed by atoms with E-state index >= 15 is 0 Å². The van der Waals surface area contributed by atoms with E-state index in [0.717, 1.165) is 11.1 Å². The van der Waals surface area contributed by atoms with Gasteiger partial charge in [-0.2, -0.15) is 0 Å². The van der Waals surface area contributed by atoms with Crippen LogP contribution in [0.5, 0.6) is 0 Å². The molecule has 0 aromatic heterocycles. The highest BCUT2D eigenvalue weighted by Gasteiger charge is 2.22. The van der Waals surface area contributed by atoms with E-state index in [0.29, 0.717) is 0 Å². The van der Waals surface area contributed by atoms with Crippen molar-refractivity contribution < 1.29 is 0 Å². The van der Waals surface area contributed by atoms with Gasteiger partial charge in [0, 0.05) is 0 Å². The molecule has 14 heavy (non-hydrogen) atoms. The van der Waals surface area contributed by atoms with Crippen molar-refractivity contribution >= 4 is 16.1 Å². The van der Waals surface area contributed by atoms with Gasteiger partial charge in [0.1, 0.15) is 0 Å². The maximum Gasteiger partial charge on any atom is 0.0510 e. The van der Waals surface area contributed by atoms with E-state index in [1.807, 2.05) is 0 Å². The van der Waals surface area contributed by atoms with Crippen molar-refractivity contribution in [3.05, 3.63) is 12.2 Å². The fraction of sp³-hybridized carbons (Fsp3) is 0.833. The predicted molar refractivity (Wildman–Crippen MR) is 74.7 cm³/mol. The van der Waals surface area contributed by atoms with Crippen LogP contribution in [-0.2, 0) is 0 Å². The van der Waals surface area contributed by atoms with Gasteiger partial charge >= 0.3 is 0 Å². The first kappa shape index (κ1) is 14.2. The second-order valence-corrected chi connectivity index (χ2v) is 18.0. The summed E-state index contributed by atoms with van der Waals surface area (Å²) in [6, 6.07) is 0. The summed E-state index contributed by atoms with van der Waals surface area (Å²) in [5, 5.41) is 0. The molecule has 0 radical (unpaired) electrons. The zero-order valence-corrected chi connectivity index (χ0v) is 13.3. The first-order chi connectivity index (χ1) is 6.05. The van der Waals surface area contributed by atoms with Crippen LogP contribution < -0.4 is 0 Å². The van der Waals surface area contributed by atoms with Crippen LogP contribution in [0.2, 0.25) is 50.4 Å². The van der Waals surface area contributed by atoms with Gasteiger partial charge in [-0.25, -0.2) is 0 Å². The molecule has 0 aromatic carbocycles. The minimum atomic E-state index is -0.958. The second-order valence-electron chi connectivity index (χ2n) is 6.69. The maximum absolute atomic E-state index is 2.47. The highest BCUT2D eigenvalue weighted by atomic mass is 28.3. The summed E-state index contributed by atoms with van der Waals surface area (Å²) in [4.78, 5) is 0. The Morgan fingerprint density at radius 1 is 0.643 bits per heavy atom. The Kier molecular flexibility index (Phi) is 4.86. The lowest BCUT2D eigenvalue weighted by Crippen LogP contribution is -2.26. The van der Waals surface area contributed by atoms with Gasteiger partial charge < -0.3 is 0 Å². The minimum Gasteiger partial charge on any atom is -0.0884 e. The molecule has 2 heteroatoms. The van der Waals surface area contributed by atoms with Gasteiger partial charge in [-0.3, -0.25) is 0 Å². The fourth-order valence-electron chi connectivity index (χ4n) is 0.911. The molecule has 0 aliphatic carbocycles. The summed E-state index contributed by atoms with van der Waals surface area (Å²) < 4.78 is 0. The van der Waals surface area contributed by atoms with Gasteiger partial charge in [-0.05, 0) is 11.1 Å². The summed E-state index contributed by atoms with van der Waals surface area (Å²) in [5.41, 5.74) is 1.61. The molecule has 0 rings (SSSR count). The van der Waals surface area contributed by atoms with Gasteiger partial charge in [0.15, 0.2) is 0 Å². The molecule has 0 heterocycles. The predicted octanol–water partition coefficient (Wildman–Crippen LogP) is 5.00. The summed E-state index contributed by atoms with van der Waals surface area (Å²) in [5.74, 6) is 0. The highest BCUT2D eigenvalue weighted by molar-refractivity contribution is 6.78. The SMILES string of the molecule is CC(/C=C/C(C)[Si](C)(C)C)[Si](C)(C)C.